The molecule has 0 aliphatic heterocycles. The number of aliphatic hydroxyl groups is 2. The number of rotatable bonds is 9. The monoisotopic (exact) mass is 674 g/mol. The van der Waals surface area contributed by atoms with Crippen LogP contribution in [-0.4, -0.2) is 72.0 Å². The maximum absolute atomic E-state index is 12.1. The molecule has 0 unspecified atom stereocenters. The van der Waals surface area contributed by atoms with E-state index in [1.54, 1.807) is 21.8 Å². The lowest BCUT2D eigenvalue weighted by Gasteiger charge is -2.05. The predicted octanol–water partition coefficient (Wildman–Crippen LogP) is 3.24. The Morgan fingerprint density at radius 2 is 1.29 bits per heavy atom. The van der Waals surface area contributed by atoms with E-state index < -0.39 is 0 Å². The Morgan fingerprint density at radius 1 is 0.778 bits per heavy atom. The van der Waals surface area contributed by atoms with E-state index in [2.05, 4.69) is 63.2 Å². The van der Waals surface area contributed by atoms with E-state index in [0.717, 1.165) is 39.9 Å². The average molecular weight is 676 g/mol. The zero-order valence-electron chi connectivity index (χ0n) is 24.5. The van der Waals surface area contributed by atoms with Crippen LogP contribution in [0.4, 0.5) is 0 Å². The molecule has 14 nitrogen and oxygen atoms in total. The Balaban J connectivity index is 0.000000146. The van der Waals surface area contributed by atoms with Gasteiger partial charge in [-0.15, -0.1) is 10.2 Å². The largest absolute Gasteiger partial charge is 0.465 e. The Kier molecular flexibility index (Phi) is 7.89. The molecule has 0 bridgehead atoms. The molecule has 0 aromatic carbocycles. The van der Waals surface area contributed by atoms with Crippen molar-refractivity contribution >= 4 is 33.2 Å². The first-order valence-electron chi connectivity index (χ1n) is 14.7. The molecule has 6 heterocycles. The van der Waals surface area contributed by atoms with E-state index in [1.165, 1.54) is 25.5 Å². The summed E-state index contributed by atoms with van der Waals surface area (Å²) in [6, 6.07) is 4.05. The van der Waals surface area contributed by atoms with Crippen LogP contribution in [0.1, 0.15) is 81.8 Å². The van der Waals surface area contributed by atoms with Crippen molar-refractivity contribution in [3.05, 3.63) is 93.3 Å². The molecule has 15 heteroatoms. The lowest BCUT2D eigenvalue weighted by atomic mass is 10.1. The van der Waals surface area contributed by atoms with Crippen LogP contribution in [-0.2, 0) is 31.0 Å². The van der Waals surface area contributed by atoms with Crippen LogP contribution in [0.3, 0.4) is 0 Å². The number of aromatic nitrogens is 10. The summed E-state index contributed by atoms with van der Waals surface area (Å²) in [7, 11) is 1.37. The zero-order chi connectivity index (χ0) is 31.1. The van der Waals surface area contributed by atoms with Gasteiger partial charge in [0.1, 0.15) is 17.0 Å². The van der Waals surface area contributed by atoms with Gasteiger partial charge in [0.2, 0.25) is 0 Å². The number of pyridine rings is 2. The standard InChI is InChI=1S/C16H17N5O3.C14H14BrN5O/c1-24-16(23)14-4-11(10-2-3-10)5-20-6-12(17-15(14)20)7-21-8-13(9-22)18-19-21;15-13-3-10(9-1-2-9)4-19-5-11(16-14(13)19)6-20-7-12(8-21)17-18-20/h4-6,8,10,22H,2-3,7,9H2,1H3;3-5,7,9,21H,1-2,6,8H2. The highest BCUT2D eigenvalue weighted by Crippen LogP contribution is 2.41. The van der Waals surface area contributed by atoms with Gasteiger partial charge >= 0.3 is 5.97 Å². The molecule has 0 saturated heterocycles. The van der Waals surface area contributed by atoms with Crippen molar-refractivity contribution in [1.82, 2.24) is 48.8 Å². The summed E-state index contributed by atoms with van der Waals surface area (Å²) in [6.45, 7) is 0.706. The molecule has 6 aromatic rings. The number of carbonyl (C=O) groups is 1. The SMILES string of the molecule is COC(=O)c1cc(C2CC2)cn2cc(Cn3cc(CO)nn3)nc12.OCc1cn(Cc2cn3cc(C4CC4)cc(Br)c3n2)nn1. The molecule has 2 aliphatic carbocycles. The summed E-state index contributed by atoms with van der Waals surface area (Å²) in [5.74, 6) is 0.841. The summed E-state index contributed by atoms with van der Waals surface area (Å²) in [4.78, 5) is 21.3. The number of hydrogen-bond donors (Lipinski definition) is 2. The second-order valence-electron chi connectivity index (χ2n) is 11.4. The number of esters is 1. The number of hydrogen-bond acceptors (Lipinski definition) is 10. The van der Waals surface area contributed by atoms with Crippen molar-refractivity contribution in [2.24, 2.45) is 0 Å². The third kappa shape index (κ3) is 6.36. The lowest BCUT2D eigenvalue weighted by Crippen LogP contribution is -2.05. The maximum Gasteiger partial charge on any atom is 0.341 e. The van der Waals surface area contributed by atoms with Crippen LogP contribution in [0, 0.1) is 0 Å². The third-order valence-electron chi connectivity index (χ3n) is 7.85. The summed E-state index contributed by atoms with van der Waals surface area (Å²) in [6.07, 6.45) is 16.3. The van der Waals surface area contributed by atoms with Crippen molar-refractivity contribution in [1.29, 1.82) is 0 Å². The minimum Gasteiger partial charge on any atom is -0.465 e. The van der Waals surface area contributed by atoms with Gasteiger partial charge in [0.15, 0.2) is 11.3 Å². The molecule has 0 radical (unpaired) electrons. The molecule has 0 atom stereocenters. The van der Waals surface area contributed by atoms with Gasteiger partial charge in [-0.1, -0.05) is 10.4 Å². The second-order valence-corrected chi connectivity index (χ2v) is 12.3. The molecule has 8 rings (SSSR count). The molecule has 0 spiro atoms. The molecule has 2 fully saturated rings. The molecule has 232 valence electrons. The van der Waals surface area contributed by atoms with Crippen LogP contribution in [0.25, 0.3) is 11.3 Å². The Morgan fingerprint density at radius 3 is 1.78 bits per heavy atom. The van der Waals surface area contributed by atoms with Crippen molar-refractivity contribution in [3.8, 4) is 0 Å². The van der Waals surface area contributed by atoms with Gasteiger partial charge in [-0.25, -0.2) is 24.1 Å². The van der Waals surface area contributed by atoms with Gasteiger partial charge in [0, 0.05) is 24.8 Å². The molecule has 6 aromatic heterocycles. The van der Waals surface area contributed by atoms with E-state index in [4.69, 9.17) is 14.9 Å². The highest BCUT2D eigenvalue weighted by Gasteiger charge is 2.27. The Bertz CT molecular complexity index is 2000. The maximum atomic E-state index is 12.1. The number of halogens is 1. The molecule has 2 aliphatic rings. The fourth-order valence-corrected chi connectivity index (χ4v) is 5.86. The number of carbonyl (C=O) groups excluding carboxylic acids is 1. The summed E-state index contributed by atoms with van der Waals surface area (Å²) in [5, 5.41) is 33.7. The number of fused-ring (bicyclic) bond motifs is 2. The van der Waals surface area contributed by atoms with Gasteiger partial charge in [0.05, 0.1) is 61.7 Å². The molecule has 0 amide bonds. The second kappa shape index (κ2) is 12.1. The van der Waals surface area contributed by atoms with Crippen LogP contribution in [0.15, 0.2) is 53.8 Å². The number of aliphatic hydroxyl groups excluding tert-OH is 2. The zero-order valence-corrected chi connectivity index (χ0v) is 26.1. The van der Waals surface area contributed by atoms with Gasteiger partial charge in [-0.2, -0.15) is 0 Å². The quantitative estimate of drug-likeness (QED) is 0.218. The number of methoxy groups -OCH3 is 1. The van der Waals surface area contributed by atoms with Crippen LogP contribution < -0.4 is 0 Å². The van der Waals surface area contributed by atoms with Crippen molar-refractivity contribution in [2.75, 3.05) is 7.11 Å². The topological polar surface area (TPSA) is 163 Å². The van der Waals surface area contributed by atoms with Gasteiger partial charge in [-0.3, -0.25) is 0 Å². The minimum absolute atomic E-state index is 0.0958. The Labute approximate surface area is 265 Å². The van der Waals surface area contributed by atoms with Crippen LogP contribution in [0.5, 0.6) is 0 Å². The van der Waals surface area contributed by atoms with E-state index in [0.29, 0.717) is 47.5 Å². The fourth-order valence-electron chi connectivity index (χ4n) is 5.30. The minimum atomic E-state index is -0.386. The summed E-state index contributed by atoms with van der Waals surface area (Å²) < 4.78 is 13.1. The average Bonchev–Trinajstić information content (AvgIpc) is 3.89. The number of imidazole rings is 2. The fraction of sp³-hybridized carbons (Fsp3) is 0.367. The van der Waals surface area contributed by atoms with Crippen LogP contribution >= 0.6 is 15.9 Å². The molecular weight excluding hydrogens is 644 g/mol. The summed E-state index contributed by atoms with van der Waals surface area (Å²) in [5.41, 5.74) is 7.20. The predicted molar refractivity (Wildman–Crippen MR) is 163 cm³/mol. The molecule has 2 N–H and O–H groups in total. The van der Waals surface area contributed by atoms with E-state index in [9.17, 15) is 4.79 Å². The normalized spacial score (nSPS) is 14.6. The van der Waals surface area contributed by atoms with E-state index in [1.807, 2.05) is 29.1 Å². The summed E-state index contributed by atoms with van der Waals surface area (Å²) >= 11 is 3.61. The van der Waals surface area contributed by atoms with Gasteiger partial charge in [-0.05, 0) is 76.7 Å². The highest BCUT2D eigenvalue weighted by atomic mass is 79.9. The molecule has 45 heavy (non-hydrogen) atoms. The van der Waals surface area contributed by atoms with E-state index >= 15 is 0 Å². The van der Waals surface area contributed by atoms with Crippen LogP contribution in [0.2, 0.25) is 0 Å². The van der Waals surface area contributed by atoms with E-state index in [-0.39, 0.29) is 19.2 Å². The first-order chi connectivity index (χ1) is 21.9. The van der Waals surface area contributed by atoms with Gasteiger partial charge in [0.25, 0.3) is 0 Å². The lowest BCUT2D eigenvalue weighted by molar-refractivity contribution is 0.0602. The number of ether oxygens (including phenoxy) is 1. The smallest absolute Gasteiger partial charge is 0.341 e. The van der Waals surface area contributed by atoms with Gasteiger partial charge < -0.3 is 23.8 Å². The van der Waals surface area contributed by atoms with Crippen molar-refractivity contribution < 1.29 is 19.7 Å². The highest BCUT2D eigenvalue weighted by molar-refractivity contribution is 9.10. The third-order valence-corrected chi connectivity index (χ3v) is 8.43. The molecular formula is C30H31BrN10O4. The number of nitrogens with zero attached hydrogens (tertiary/aromatic N) is 10. The van der Waals surface area contributed by atoms with Crippen molar-refractivity contribution in [2.45, 2.75) is 63.8 Å². The van der Waals surface area contributed by atoms with Crippen molar-refractivity contribution in [3.63, 3.8) is 0 Å². The Hall–Kier alpha value is -4.47. The first kappa shape index (κ1) is 29.3. The molecule has 2 saturated carbocycles. The first-order valence-corrected chi connectivity index (χ1v) is 15.5.